The van der Waals surface area contributed by atoms with E-state index in [-0.39, 0.29) is 6.61 Å². The molecule has 0 saturated heterocycles. The number of aliphatic hydroxyl groups excluding tert-OH is 1. The van der Waals surface area contributed by atoms with Crippen molar-refractivity contribution in [1.82, 2.24) is 5.32 Å². The van der Waals surface area contributed by atoms with Crippen LogP contribution in [0, 0.1) is 0 Å². The minimum absolute atomic E-state index is 0.00353. The Morgan fingerprint density at radius 1 is 1.26 bits per heavy atom. The SMILES string of the molecule is CC(CO)(NC1CCCCC1)c1cccc(Cl)c1Cl. The Kier molecular flexibility index (Phi) is 5.13. The van der Waals surface area contributed by atoms with Crippen LogP contribution in [-0.4, -0.2) is 17.8 Å². The fraction of sp³-hybridized carbons (Fsp3) is 0.600. The highest BCUT2D eigenvalue weighted by Gasteiger charge is 2.31. The molecule has 2 nitrogen and oxygen atoms in total. The topological polar surface area (TPSA) is 32.3 Å². The second-order valence-electron chi connectivity index (χ2n) is 5.57. The van der Waals surface area contributed by atoms with Crippen molar-refractivity contribution in [3.8, 4) is 0 Å². The van der Waals surface area contributed by atoms with E-state index in [1.807, 2.05) is 19.1 Å². The summed E-state index contributed by atoms with van der Waals surface area (Å²) in [6.45, 7) is 1.99. The molecule has 1 aromatic rings. The van der Waals surface area contributed by atoms with Crippen LogP contribution in [0.25, 0.3) is 0 Å². The molecule has 1 saturated carbocycles. The van der Waals surface area contributed by atoms with Crippen molar-refractivity contribution in [2.45, 2.75) is 50.6 Å². The van der Waals surface area contributed by atoms with Crippen LogP contribution in [0.3, 0.4) is 0 Å². The lowest BCUT2D eigenvalue weighted by Crippen LogP contribution is -2.49. The quantitative estimate of drug-likeness (QED) is 0.876. The first-order valence-corrected chi connectivity index (χ1v) is 7.65. The molecule has 2 N–H and O–H groups in total. The van der Waals surface area contributed by atoms with Gasteiger partial charge in [-0.25, -0.2) is 0 Å². The summed E-state index contributed by atoms with van der Waals surface area (Å²) in [4.78, 5) is 0. The summed E-state index contributed by atoms with van der Waals surface area (Å²) in [6, 6.07) is 6.02. The Morgan fingerprint density at radius 2 is 1.95 bits per heavy atom. The highest BCUT2D eigenvalue weighted by Crippen LogP contribution is 2.34. The minimum Gasteiger partial charge on any atom is -0.394 e. The Bertz CT molecular complexity index is 432. The number of rotatable bonds is 4. The Morgan fingerprint density at radius 3 is 2.58 bits per heavy atom. The molecular formula is C15H21Cl2NO. The van der Waals surface area contributed by atoms with Gasteiger partial charge in [0.05, 0.1) is 22.2 Å². The number of benzene rings is 1. The summed E-state index contributed by atoms with van der Waals surface area (Å²) < 4.78 is 0. The molecule has 1 aliphatic carbocycles. The van der Waals surface area contributed by atoms with Gasteiger partial charge in [-0.2, -0.15) is 0 Å². The zero-order valence-electron chi connectivity index (χ0n) is 11.3. The molecule has 1 unspecified atom stereocenters. The average molecular weight is 302 g/mol. The van der Waals surface area contributed by atoms with E-state index in [4.69, 9.17) is 23.2 Å². The number of halogens is 2. The van der Waals surface area contributed by atoms with E-state index in [1.54, 1.807) is 6.07 Å². The van der Waals surface area contributed by atoms with Crippen LogP contribution in [0.1, 0.15) is 44.6 Å². The standard InChI is InChI=1S/C15H21Cl2NO/c1-15(10-19,18-11-6-3-2-4-7-11)12-8-5-9-13(16)14(12)17/h5,8-9,11,18-19H,2-4,6-7,10H2,1H3. The van der Waals surface area contributed by atoms with Crippen LogP contribution in [-0.2, 0) is 5.54 Å². The van der Waals surface area contributed by atoms with Crippen molar-refractivity contribution in [3.63, 3.8) is 0 Å². The van der Waals surface area contributed by atoms with Gasteiger partial charge in [0, 0.05) is 6.04 Å². The molecular weight excluding hydrogens is 281 g/mol. The molecule has 0 aliphatic heterocycles. The smallest absolute Gasteiger partial charge is 0.0657 e. The van der Waals surface area contributed by atoms with Gasteiger partial charge < -0.3 is 10.4 Å². The maximum atomic E-state index is 9.82. The fourth-order valence-corrected chi connectivity index (χ4v) is 3.35. The van der Waals surface area contributed by atoms with Gasteiger partial charge in [-0.3, -0.25) is 0 Å². The summed E-state index contributed by atoms with van der Waals surface area (Å²) in [5.74, 6) is 0. The molecule has 0 spiro atoms. The van der Waals surface area contributed by atoms with Crippen LogP contribution in [0.15, 0.2) is 18.2 Å². The second-order valence-corrected chi connectivity index (χ2v) is 6.36. The predicted octanol–water partition coefficient (Wildman–Crippen LogP) is 4.12. The predicted molar refractivity (Wildman–Crippen MR) is 80.9 cm³/mol. The first kappa shape index (κ1) is 15.1. The van der Waals surface area contributed by atoms with Crippen molar-refractivity contribution in [2.24, 2.45) is 0 Å². The van der Waals surface area contributed by atoms with Crippen LogP contribution in [0.2, 0.25) is 10.0 Å². The average Bonchev–Trinajstić information content (AvgIpc) is 2.43. The van der Waals surface area contributed by atoms with Crippen molar-refractivity contribution < 1.29 is 5.11 Å². The molecule has 2 rings (SSSR count). The Balaban J connectivity index is 2.23. The van der Waals surface area contributed by atoms with E-state index in [0.29, 0.717) is 16.1 Å². The van der Waals surface area contributed by atoms with Gasteiger partial charge in [0.1, 0.15) is 0 Å². The van der Waals surface area contributed by atoms with Crippen molar-refractivity contribution in [1.29, 1.82) is 0 Å². The van der Waals surface area contributed by atoms with Gasteiger partial charge in [-0.1, -0.05) is 54.6 Å². The summed E-state index contributed by atoms with van der Waals surface area (Å²) in [5, 5.41) is 14.5. The number of hydrogen-bond acceptors (Lipinski definition) is 2. The first-order chi connectivity index (χ1) is 9.07. The first-order valence-electron chi connectivity index (χ1n) is 6.90. The minimum atomic E-state index is -0.538. The molecule has 4 heteroatoms. The van der Waals surface area contributed by atoms with Gasteiger partial charge in [-0.15, -0.1) is 0 Å². The van der Waals surface area contributed by atoms with Gasteiger partial charge in [0.2, 0.25) is 0 Å². The van der Waals surface area contributed by atoms with Gasteiger partial charge in [0.25, 0.3) is 0 Å². The largest absolute Gasteiger partial charge is 0.394 e. The summed E-state index contributed by atoms with van der Waals surface area (Å²) >= 11 is 12.4. The van der Waals surface area contributed by atoms with Crippen LogP contribution < -0.4 is 5.32 Å². The van der Waals surface area contributed by atoms with Crippen LogP contribution in [0.4, 0.5) is 0 Å². The third-order valence-electron chi connectivity index (χ3n) is 3.99. The van der Waals surface area contributed by atoms with E-state index in [0.717, 1.165) is 18.4 Å². The summed E-state index contributed by atoms with van der Waals surface area (Å²) in [5.41, 5.74) is 0.332. The van der Waals surface area contributed by atoms with E-state index in [1.165, 1.54) is 19.3 Å². The van der Waals surface area contributed by atoms with E-state index >= 15 is 0 Å². The van der Waals surface area contributed by atoms with Crippen molar-refractivity contribution >= 4 is 23.2 Å². The lowest BCUT2D eigenvalue weighted by Gasteiger charge is -2.36. The normalized spacial score (nSPS) is 20.2. The van der Waals surface area contributed by atoms with Gasteiger partial charge in [-0.05, 0) is 31.4 Å². The Hall–Kier alpha value is -0.280. The molecule has 1 aliphatic rings. The number of aliphatic hydroxyl groups is 1. The third kappa shape index (κ3) is 3.43. The number of nitrogens with one attached hydrogen (secondary N) is 1. The monoisotopic (exact) mass is 301 g/mol. The van der Waals surface area contributed by atoms with Crippen molar-refractivity contribution in [2.75, 3.05) is 6.61 Å². The molecule has 0 amide bonds. The summed E-state index contributed by atoms with van der Waals surface area (Å²) in [7, 11) is 0. The maximum absolute atomic E-state index is 9.82. The zero-order chi connectivity index (χ0) is 13.9. The molecule has 0 bridgehead atoms. The molecule has 1 atom stereocenters. The van der Waals surface area contributed by atoms with Crippen LogP contribution in [0.5, 0.6) is 0 Å². The van der Waals surface area contributed by atoms with E-state index in [2.05, 4.69) is 5.32 Å². The number of hydrogen-bond donors (Lipinski definition) is 2. The highest BCUT2D eigenvalue weighted by atomic mass is 35.5. The molecule has 1 aromatic carbocycles. The second kappa shape index (κ2) is 6.45. The van der Waals surface area contributed by atoms with Crippen LogP contribution >= 0.6 is 23.2 Å². The Labute approximate surface area is 125 Å². The third-order valence-corrected chi connectivity index (χ3v) is 4.81. The van der Waals surface area contributed by atoms with Gasteiger partial charge in [0.15, 0.2) is 0 Å². The molecule has 0 aromatic heterocycles. The van der Waals surface area contributed by atoms with Crippen molar-refractivity contribution in [3.05, 3.63) is 33.8 Å². The lowest BCUT2D eigenvalue weighted by atomic mass is 9.88. The molecule has 106 valence electrons. The summed E-state index contributed by atoms with van der Waals surface area (Å²) in [6.07, 6.45) is 6.14. The molecule has 1 fully saturated rings. The molecule has 0 heterocycles. The van der Waals surface area contributed by atoms with Gasteiger partial charge >= 0.3 is 0 Å². The van der Waals surface area contributed by atoms with E-state index < -0.39 is 5.54 Å². The maximum Gasteiger partial charge on any atom is 0.0657 e. The highest BCUT2D eigenvalue weighted by molar-refractivity contribution is 6.42. The molecule has 0 radical (unpaired) electrons. The zero-order valence-corrected chi connectivity index (χ0v) is 12.8. The van der Waals surface area contributed by atoms with E-state index in [9.17, 15) is 5.11 Å². The lowest BCUT2D eigenvalue weighted by molar-refractivity contribution is 0.151. The molecule has 19 heavy (non-hydrogen) atoms. The fourth-order valence-electron chi connectivity index (χ4n) is 2.84.